The molecule has 2 aromatic carbocycles. The van der Waals surface area contributed by atoms with Crippen LogP contribution in [-0.2, 0) is 21.3 Å². The number of carbonyl (C=O) groups excluding carboxylic acids is 1. The van der Waals surface area contributed by atoms with E-state index in [-0.39, 0.29) is 10.7 Å². The van der Waals surface area contributed by atoms with Crippen LogP contribution in [0.5, 0.6) is 0 Å². The van der Waals surface area contributed by atoms with Gasteiger partial charge in [0.05, 0.1) is 23.6 Å². The van der Waals surface area contributed by atoms with Crippen LogP contribution in [0.15, 0.2) is 53.4 Å². The van der Waals surface area contributed by atoms with Crippen molar-refractivity contribution in [3.05, 3.63) is 59.7 Å². The number of Topliss-reactive ketones (excluding diaryl/α,β-unsaturated/α-hetero) is 1. The lowest BCUT2D eigenvalue weighted by Gasteiger charge is -2.38. The fourth-order valence-corrected chi connectivity index (χ4v) is 4.55. The van der Waals surface area contributed by atoms with Crippen molar-refractivity contribution >= 4 is 21.6 Å². The van der Waals surface area contributed by atoms with Gasteiger partial charge in [-0.1, -0.05) is 19.1 Å². The molecule has 1 N–H and O–H groups in total. The van der Waals surface area contributed by atoms with Crippen LogP contribution in [0.25, 0.3) is 0 Å². The van der Waals surface area contributed by atoms with Crippen molar-refractivity contribution in [2.24, 2.45) is 0 Å². The van der Waals surface area contributed by atoms with E-state index in [4.69, 9.17) is 4.74 Å². The van der Waals surface area contributed by atoms with Crippen LogP contribution < -0.4 is 4.90 Å². The van der Waals surface area contributed by atoms with Gasteiger partial charge in [-0.15, -0.1) is 0 Å². The number of ether oxygens (including phenoxy) is 1. The zero-order valence-electron chi connectivity index (χ0n) is 18.2. The Bertz CT molecular complexity index is 997. The van der Waals surface area contributed by atoms with Crippen molar-refractivity contribution in [2.75, 3.05) is 45.3 Å². The van der Waals surface area contributed by atoms with Gasteiger partial charge in [-0.05, 0) is 68.9 Å². The molecule has 1 saturated heterocycles. The summed E-state index contributed by atoms with van der Waals surface area (Å²) < 4.78 is 37.2. The van der Waals surface area contributed by atoms with E-state index in [1.807, 2.05) is 50.2 Å². The molecular formula is C23H30N2O5S. The first-order chi connectivity index (χ1) is 14.7. The van der Waals surface area contributed by atoms with Crippen molar-refractivity contribution in [3.8, 4) is 0 Å². The summed E-state index contributed by atoms with van der Waals surface area (Å²) in [7, 11) is -0.477. The van der Waals surface area contributed by atoms with Gasteiger partial charge in [-0.3, -0.25) is 14.2 Å². The van der Waals surface area contributed by atoms with Gasteiger partial charge in [0.25, 0.3) is 10.1 Å². The smallest absolute Gasteiger partial charge is 0.294 e. The van der Waals surface area contributed by atoms with Crippen molar-refractivity contribution in [1.82, 2.24) is 4.90 Å². The third-order valence-electron chi connectivity index (χ3n) is 6.09. The van der Waals surface area contributed by atoms with Crippen LogP contribution in [0.2, 0.25) is 0 Å². The van der Waals surface area contributed by atoms with Gasteiger partial charge < -0.3 is 9.64 Å². The normalized spacial score (nSPS) is 16.9. The highest BCUT2D eigenvalue weighted by Crippen LogP contribution is 2.29. The predicted octanol–water partition coefficient (Wildman–Crippen LogP) is 2.91. The molecule has 0 saturated carbocycles. The second-order valence-corrected chi connectivity index (χ2v) is 9.47. The van der Waals surface area contributed by atoms with E-state index in [1.54, 1.807) is 12.1 Å². The second kappa shape index (κ2) is 9.48. The molecule has 1 unspecified atom stereocenters. The molecule has 1 atom stereocenters. The fourth-order valence-electron chi connectivity index (χ4n) is 4.07. The molecular weight excluding hydrogens is 416 g/mol. The number of ketones is 1. The zero-order chi connectivity index (χ0) is 22.6. The third-order valence-corrected chi connectivity index (χ3v) is 6.96. The summed E-state index contributed by atoms with van der Waals surface area (Å²) in [5, 5.41) is 0. The van der Waals surface area contributed by atoms with Gasteiger partial charge in [-0.2, -0.15) is 8.42 Å². The number of benzene rings is 2. The fraction of sp³-hybridized carbons (Fsp3) is 0.435. The van der Waals surface area contributed by atoms with Gasteiger partial charge >= 0.3 is 0 Å². The first kappa shape index (κ1) is 23.4. The van der Waals surface area contributed by atoms with Crippen molar-refractivity contribution in [2.45, 2.75) is 30.2 Å². The molecule has 0 spiro atoms. The van der Waals surface area contributed by atoms with Gasteiger partial charge in [0.2, 0.25) is 0 Å². The Morgan fingerprint density at radius 2 is 1.65 bits per heavy atom. The number of nitrogens with zero attached hydrogens (tertiary/aromatic N) is 2. The zero-order valence-corrected chi connectivity index (χ0v) is 19.1. The largest absolute Gasteiger partial charge is 0.378 e. The van der Waals surface area contributed by atoms with Gasteiger partial charge in [0.15, 0.2) is 5.78 Å². The first-order valence-corrected chi connectivity index (χ1v) is 11.8. The van der Waals surface area contributed by atoms with Crippen LogP contribution in [-0.4, -0.2) is 69.6 Å². The molecule has 1 aliphatic heterocycles. The molecule has 1 fully saturated rings. The number of hydrogen-bond donors (Lipinski definition) is 1. The second-order valence-electron chi connectivity index (χ2n) is 8.05. The van der Waals surface area contributed by atoms with Crippen LogP contribution in [0.3, 0.4) is 0 Å². The van der Waals surface area contributed by atoms with Crippen LogP contribution in [0, 0.1) is 0 Å². The number of likely N-dealkylation sites (N-methyl/N-ethyl adjacent to an activating group) is 1. The first-order valence-electron chi connectivity index (χ1n) is 10.4. The molecule has 1 aliphatic rings. The third kappa shape index (κ3) is 5.15. The van der Waals surface area contributed by atoms with Crippen LogP contribution in [0.1, 0.15) is 29.3 Å². The van der Waals surface area contributed by atoms with Gasteiger partial charge in [0, 0.05) is 24.3 Å². The average Bonchev–Trinajstić information content (AvgIpc) is 2.77. The Balaban J connectivity index is 1.86. The lowest BCUT2D eigenvalue weighted by atomic mass is 9.80. The number of carbonyl (C=O) groups is 1. The number of anilines is 1. The molecule has 0 aromatic heterocycles. The summed E-state index contributed by atoms with van der Waals surface area (Å²) in [6.45, 7) is 5.06. The minimum atomic E-state index is -4.25. The maximum atomic E-state index is 13.6. The molecule has 0 bridgehead atoms. The SMILES string of the molecule is CCC(Cc1ccc(S(=O)(=O)O)cc1)(C(=O)c1ccc(N2CCOCC2)cc1)N(C)C. The van der Waals surface area contributed by atoms with Gasteiger partial charge in [-0.25, -0.2) is 0 Å². The van der Waals surface area contributed by atoms with Crippen molar-refractivity contribution < 1.29 is 22.5 Å². The van der Waals surface area contributed by atoms with Crippen molar-refractivity contribution in [1.29, 1.82) is 0 Å². The summed E-state index contributed by atoms with van der Waals surface area (Å²) >= 11 is 0. The molecule has 0 radical (unpaired) electrons. The average molecular weight is 447 g/mol. The Kier molecular flexibility index (Phi) is 7.16. The highest BCUT2D eigenvalue weighted by molar-refractivity contribution is 7.85. The Labute approximate surface area is 184 Å². The topological polar surface area (TPSA) is 87.1 Å². The number of morpholine rings is 1. The van der Waals surface area contributed by atoms with Crippen LogP contribution >= 0.6 is 0 Å². The molecule has 3 rings (SSSR count). The number of rotatable bonds is 8. The van der Waals surface area contributed by atoms with Crippen LogP contribution in [0.4, 0.5) is 5.69 Å². The Morgan fingerprint density at radius 3 is 2.13 bits per heavy atom. The van der Waals surface area contributed by atoms with E-state index in [2.05, 4.69) is 4.90 Å². The van der Waals surface area contributed by atoms with E-state index >= 15 is 0 Å². The maximum absolute atomic E-state index is 13.6. The number of hydrogen-bond acceptors (Lipinski definition) is 6. The summed E-state index contributed by atoms with van der Waals surface area (Å²) in [5.41, 5.74) is 1.76. The van der Waals surface area contributed by atoms with Gasteiger partial charge in [0.1, 0.15) is 0 Å². The summed E-state index contributed by atoms with van der Waals surface area (Å²) in [6, 6.07) is 13.7. The quantitative estimate of drug-likeness (QED) is 0.493. The molecule has 31 heavy (non-hydrogen) atoms. The standard InChI is InChI=1S/C23H30N2O5S/c1-4-23(24(2)3,17-18-5-11-21(12-6-18)31(27,28)29)22(26)19-7-9-20(10-8-19)25-13-15-30-16-14-25/h5-12H,4,13-17H2,1-3H3,(H,27,28,29). The van der Waals surface area contributed by atoms with Crippen molar-refractivity contribution in [3.63, 3.8) is 0 Å². The lowest BCUT2D eigenvalue weighted by Crippen LogP contribution is -2.52. The molecule has 2 aromatic rings. The minimum absolute atomic E-state index is 0.0207. The predicted molar refractivity (Wildman–Crippen MR) is 120 cm³/mol. The Morgan fingerprint density at radius 1 is 1.06 bits per heavy atom. The summed E-state index contributed by atoms with van der Waals surface area (Å²) in [6.07, 6.45) is 1.01. The van der Waals surface area contributed by atoms with E-state index in [0.29, 0.717) is 31.6 Å². The molecule has 168 valence electrons. The molecule has 1 heterocycles. The molecule has 0 amide bonds. The van der Waals surface area contributed by atoms with E-state index < -0.39 is 15.7 Å². The molecule has 0 aliphatic carbocycles. The monoisotopic (exact) mass is 446 g/mol. The molecule has 7 nitrogen and oxygen atoms in total. The summed E-state index contributed by atoms with van der Waals surface area (Å²) in [4.78, 5) is 17.7. The minimum Gasteiger partial charge on any atom is -0.378 e. The highest BCUT2D eigenvalue weighted by Gasteiger charge is 2.39. The Hall–Kier alpha value is -2.26. The highest BCUT2D eigenvalue weighted by atomic mass is 32.2. The van der Waals surface area contributed by atoms with E-state index in [9.17, 15) is 17.8 Å². The summed E-state index contributed by atoms with van der Waals surface area (Å²) in [5.74, 6) is 0.0207. The molecule has 8 heteroatoms. The lowest BCUT2D eigenvalue weighted by molar-refractivity contribution is 0.0666. The van der Waals surface area contributed by atoms with E-state index in [0.717, 1.165) is 24.3 Å². The van der Waals surface area contributed by atoms with E-state index in [1.165, 1.54) is 12.1 Å². The maximum Gasteiger partial charge on any atom is 0.294 e.